The van der Waals surface area contributed by atoms with E-state index in [9.17, 15) is 12.8 Å². The molecule has 0 amide bonds. The first-order chi connectivity index (χ1) is 12.8. The summed E-state index contributed by atoms with van der Waals surface area (Å²) in [6.45, 7) is 6.60. The highest BCUT2D eigenvalue weighted by atomic mass is 32.2. The van der Waals surface area contributed by atoms with Crippen LogP contribution in [0.4, 0.5) is 4.39 Å². The van der Waals surface area contributed by atoms with Gasteiger partial charge in [-0.3, -0.25) is 4.90 Å². The minimum absolute atomic E-state index is 0.222. The molecule has 7 heteroatoms. The van der Waals surface area contributed by atoms with Crippen molar-refractivity contribution >= 4 is 10.0 Å². The first-order valence-corrected chi connectivity index (χ1v) is 10.4. The smallest absolute Gasteiger partial charge is 0.246 e. The Morgan fingerprint density at radius 2 is 1.59 bits per heavy atom. The monoisotopic (exact) mass is 392 g/mol. The zero-order valence-electron chi connectivity index (χ0n) is 15.9. The molecule has 0 atom stereocenters. The van der Waals surface area contributed by atoms with Crippen molar-refractivity contribution in [2.75, 3.05) is 33.3 Å². The van der Waals surface area contributed by atoms with Gasteiger partial charge >= 0.3 is 0 Å². The molecule has 146 valence electrons. The Morgan fingerprint density at radius 3 is 2.19 bits per heavy atom. The van der Waals surface area contributed by atoms with Crippen molar-refractivity contribution in [3.8, 4) is 5.75 Å². The molecule has 2 aromatic rings. The van der Waals surface area contributed by atoms with Crippen LogP contribution in [0.15, 0.2) is 41.3 Å². The molecule has 0 aliphatic carbocycles. The summed E-state index contributed by atoms with van der Waals surface area (Å²) in [4.78, 5) is 2.40. The van der Waals surface area contributed by atoms with Gasteiger partial charge in [-0.25, -0.2) is 12.8 Å². The van der Waals surface area contributed by atoms with Crippen LogP contribution in [0.1, 0.15) is 16.7 Å². The number of methoxy groups -OCH3 is 1. The summed E-state index contributed by atoms with van der Waals surface area (Å²) in [6, 6.07) is 9.88. The summed E-state index contributed by atoms with van der Waals surface area (Å²) >= 11 is 0. The number of halogens is 1. The summed E-state index contributed by atoms with van der Waals surface area (Å²) in [7, 11) is -2.12. The Bertz CT molecular complexity index is 906. The number of piperazine rings is 1. The molecule has 1 aliphatic heterocycles. The fraction of sp³-hybridized carbons (Fsp3) is 0.400. The molecule has 0 unspecified atom stereocenters. The Labute approximate surface area is 160 Å². The van der Waals surface area contributed by atoms with E-state index in [1.807, 2.05) is 13.8 Å². The topological polar surface area (TPSA) is 49.9 Å². The predicted molar refractivity (Wildman–Crippen MR) is 103 cm³/mol. The van der Waals surface area contributed by atoms with Crippen molar-refractivity contribution in [3.05, 3.63) is 58.9 Å². The second-order valence-electron chi connectivity index (χ2n) is 6.89. The average molecular weight is 392 g/mol. The van der Waals surface area contributed by atoms with E-state index in [2.05, 4.69) is 4.90 Å². The van der Waals surface area contributed by atoms with E-state index in [1.54, 1.807) is 24.3 Å². The maximum atomic E-state index is 13.1. The number of nitrogens with zero attached hydrogens (tertiary/aromatic N) is 2. The Balaban J connectivity index is 1.71. The van der Waals surface area contributed by atoms with Gasteiger partial charge in [0, 0.05) is 32.7 Å². The van der Waals surface area contributed by atoms with Crippen LogP contribution < -0.4 is 4.74 Å². The van der Waals surface area contributed by atoms with Crippen LogP contribution in [-0.2, 0) is 16.6 Å². The molecule has 1 heterocycles. The van der Waals surface area contributed by atoms with Crippen LogP contribution in [0, 0.1) is 19.7 Å². The third-order valence-corrected chi connectivity index (χ3v) is 6.97. The molecule has 2 aromatic carbocycles. The molecule has 0 N–H and O–H groups in total. The molecule has 1 aliphatic rings. The van der Waals surface area contributed by atoms with Crippen molar-refractivity contribution in [2.45, 2.75) is 25.3 Å². The molecule has 0 spiro atoms. The van der Waals surface area contributed by atoms with Crippen LogP contribution in [0.5, 0.6) is 5.75 Å². The average Bonchev–Trinajstić information content (AvgIpc) is 2.66. The van der Waals surface area contributed by atoms with E-state index in [0.29, 0.717) is 38.5 Å². The summed E-state index contributed by atoms with van der Waals surface area (Å²) < 4.78 is 46.1. The second kappa shape index (κ2) is 7.96. The van der Waals surface area contributed by atoms with Gasteiger partial charge in [-0.2, -0.15) is 4.31 Å². The lowest BCUT2D eigenvalue weighted by molar-refractivity contribution is 0.181. The summed E-state index contributed by atoms with van der Waals surface area (Å²) in [5.74, 6) is 0.129. The van der Waals surface area contributed by atoms with E-state index in [1.165, 1.54) is 23.5 Å². The first-order valence-electron chi connectivity index (χ1n) is 8.93. The van der Waals surface area contributed by atoms with E-state index in [0.717, 1.165) is 16.7 Å². The van der Waals surface area contributed by atoms with Crippen molar-refractivity contribution < 1.29 is 17.5 Å². The highest BCUT2D eigenvalue weighted by molar-refractivity contribution is 7.89. The summed E-state index contributed by atoms with van der Waals surface area (Å²) in [5, 5.41) is 0. The maximum Gasteiger partial charge on any atom is 0.246 e. The lowest BCUT2D eigenvalue weighted by atomic mass is 10.1. The lowest BCUT2D eigenvalue weighted by Crippen LogP contribution is -2.48. The van der Waals surface area contributed by atoms with Crippen molar-refractivity contribution in [1.29, 1.82) is 0 Å². The maximum absolute atomic E-state index is 13.1. The van der Waals surface area contributed by atoms with Gasteiger partial charge in [0.2, 0.25) is 10.0 Å². The summed E-state index contributed by atoms with van der Waals surface area (Å²) in [5.41, 5.74) is 2.93. The van der Waals surface area contributed by atoms with Crippen LogP contribution in [-0.4, -0.2) is 50.9 Å². The highest BCUT2D eigenvalue weighted by Gasteiger charge is 2.31. The second-order valence-corrected chi connectivity index (χ2v) is 8.80. The zero-order valence-corrected chi connectivity index (χ0v) is 16.7. The van der Waals surface area contributed by atoms with E-state index >= 15 is 0 Å². The molecular weight excluding hydrogens is 367 g/mol. The fourth-order valence-electron chi connectivity index (χ4n) is 3.24. The van der Waals surface area contributed by atoms with Crippen LogP contribution in [0.25, 0.3) is 0 Å². The van der Waals surface area contributed by atoms with E-state index < -0.39 is 10.0 Å². The number of sulfonamides is 1. The van der Waals surface area contributed by atoms with Gasteiger partial charge in [-0.1, -0.05) is 12.1 Å². The highest BCUT2D eigenvalue weighted by Crippen LogP contribution is 2.30. The van der Waals surface area contributed by atoms with Crippen LogP contribution in [0.3, 0.4) is 0 Å². The van der Waals surface area contributed by atoms with Crippen molar-refractivity contribution in [3.63, 3.8) is 0 Å². The molecule has 1 saturated heterocycles. The number of aryl methyl sites for hydroxylation is 2. The lowest BCUT2D eigenvalue weighted by Gasteiger charge is -2.34. The van der Waals surface area contributed by atoms with Gasteiger partial charge in [0.25, 0.3) is 0 Å². The van der Waals surface area contributed by atoms with Crippen molar-refractivity contribution in [2.24, 2.45) is 0 Å². The number of ether oxygens (including phenoxy) is 1. The quantitative estimate of drug-likeness (QED) is 0.785. The molecule has 5 nitrogen and oxygen atoms in total. The van der Waals surface area contributed by atoms with Gasteiger partial charge in [0.1, 0.15) is 16.5 Å². The predicted octanol–water partition coefficient (Wildman–Crippen LogP) is 2.96. The van der Waals surface area contributed by atoms with Gasteiger partial charge in [0.15, 0.2) is 0 Å². The standard InChI is InChI=1S/C20H25FN2O3S/c1-15-12-19(26-3)20(13-16(15)2)27(24,25)23-10-8-22(9-11-23)14-17-4-6-18(21)7-5-17/h4-7,12-13H,8-11,14H2,1-3H3. The minimum Gasteiger partial charge on any atom is -0.495 e. The molecule has 0 saturated carbocycles. The van der Waals surface area contributed by atoms with E-state index in [4.69, 9.17) is 4.74 Å². The van der Waals surface area contributed by atoms with Gasteiger partial charge in [-0.15, -0.1) is 0 Å². The molecule has 27 heavy (non-hydrogen) atoms. The number of hydrogen-bond acceptors (Lipinski definition) is 4. The zero-order chi connectivity index (χ0) is 19.6. The van der Waals surface area contributed by atoms with E-state index in [-0.39, 0.29) is 10.7 Å². The third kappa shape index (κ3) is 4.31. The molecule has 0 bridgehead atoms. The molecule has 0 radical (unpaired) electrons. The fourth-order valence-corrected chi connectivity index (χ4v) is 4.88. The largest absolute Gasteiger partial charge is 0.495 e. The molecule has 3 rings (SSSR count). The third-order valence-electron chi connectivity index (χ3n) is 5.05. The number of rotatable bonds is 5. The minimum atomic E-state index is -3.61. The Morgan fingerprint density at radius 1 is 1.00 bits per heavy atom. The molecule has 1 fully saturated rings. The Hall–Kier alpha value is -1.96. The SMILES string of the molecule is COc1cc(C)c(C)cc1S(=O)(=O)N1CCN(Cc2ccc(F)cc2)CC1. The normalized spacial score (nSPS) is 16.4. The Kier molecular flexibility index (Phi) is 5.83. The number of hydrogen-bond donors (Lipinski definition) is 0. The molecule has 0 aromatic heterocycles. The number of benzene rings is 2. The molecular formula is C20H25FN2O3S. The van der Waals surface area contributed by atoms with Gasteiger partial charge in [-0.05, 0) is 54.8 Å². The van der Waals surface area contributed by atoms with Gasteiger partial charge in [0.05, 0.1) is 7.11 Å². The first kappa shape index (κ1) is 19.8. The van der Waals surface area contributed by atoms with Crippen LogP contribution in [0.2, 0.25) is 0 Å². The summed E-state index contributed by atoms with van der Waals surface area (Å²) in [6.07, 6.45) is 0. The van der Waals surface area contributed by atoms with Crippen molar-refractivity contribution in [1.82, 2.24) is 9.21 Å². The van der Waals surface area contributed by atoms with Gasteiger partial charge < -0.3 is 4.74 Å². The van der Waals surface area contributed by atoms with Crippen LogP contribution >= 0.6 is 0 Å².